The van der Waals surface area contributed by atoms with E-state index in [1.807, 2.05) is 78.1 Å². The number of aryl methyl sites for hydroxylation is 5. The van der Waals surface area contributed by atoms with Crippen molar-refractivity contribution >= 4 is 16.9 Å². The normalized spacial score (nSPS) is 12.2. The molecule has 0 aliphatic rings. The third-order valence-corrected chi connectivity index (χ3v) is 5.65. The molecule has 7 nitrogen and oxygen atoms in total. The molecule has 0 spiro atoms. The molecule has 0 aliphatic heterocycles. The zero-order chi connectivity index (χ0) is 23.0. The summed E-state index contributed by atoms with van der Waals surface area (Å²) in [7, 11) is 1.85. The lowest BCUT2D eigenvalue weighted by atomic mass is 10.0. The Balaban J connectivity index is 1.52. The van der Waals surface area contributed by atoms with Crippen LogP contribution in [0.2, 0.25) is 0 Å². The summed E-state index contributed by atoms with van der Waals surface area (Å²) in [5.41, 5.74) is 5.68. The smallest absolute Gasteiger partial charge is 0.258 e. The van der Waals surface area contributed by atoms with Crippen LogP contribution in [0.15, 0.2) is 40.8 Å². The van der Waals surface area contributed by atoms with Crippen molar-refractivity contribution < 1.29 is 13.9 Å². The first-order valence-corrected chi connectivity index (χ1v) is 10.6. The van der Waals surface area contributed by atoms with Gasteiger partial charge in [-0.2, -0.15) is 10.1 Å². The third-order valence-electron chi connectivity index (χ3n) is 5.65. The number of benzene rings is 1. The average molecular weight is 433 g/mol. The van der Waals surface area contributed by atoms with Crippen LogP contribution in [0.5, 0.6) is 5.88 Å². The van der Waals surface area contributed by atoms with Crippen LogP contribution < -0.4 is 10.1 Å². The average Bonchev–Trinajstić information content (AvgIpc) is 3.25. The van der Waals surface area contributed by atoms with Crippen LogP contribution in [0.3, 0.4) is 0 Å². The molecule has 166 valence electrons. The van der Waals surface area contributed by atoms with Gasteiger partial charge >= 0.3 is 0 Å². The second kappa shape index (κ2) is 8.49. The molecule has 3 aromatic heterocycles. The van der Waals surface area contributed by atoms with Gasteiger partial charge in [0, 0.05) is 18.7 Å². The Bertz CT molecular complexity index is 1300. The highest BCUT2D eigenvalue weighted by Crippen LogP contribution is 2.34. The molecule has 1 amide bonds. The van der Waals surface area contributed by atoms with E-state index in [0.717, 1.165) is 44.9 Å². The Kier molecular flexibility index (Phi) is 5.74. The maximum absolute atomic E-state index is 12.5. The second-order valence-corrected chi connectivity index (χ2v) is 8.21. The number of nitrogens with zero attached hydrogens (tertiary/aromatic N) is 3. The second-order valence-electron chi connectivity index (χ2n) is 8.21. The Hall–Kier alpha value is -3.61. The predicted molar refractivity (Wildman–Crippen MR) is 124 cm³/mol. The van der Waals surface area contributed by atoms with E-state index in [2.05, 4.69) is 15.4 Å². The monoisotopic (exact) mass is 432 g/mol. The van der Waals surface area contributed by atoms with Gasteiger partial charge in [0.15, 0.2) is 12.3 Å². The number of hydrogen-bond acceptors (Lipinski definition) is 5. The SMILES string of the molecule is Cc1cc(-c2nn(C)c3nc(OCC(=O)NC(C)c4ccccc4C)cc(C)c23)c(C)o1. The van der Waals surface area contributed by atoms with E-state index in [1.165, 1.54) is 0 Å². The van der Waals surface area contributed by atoms with Gasteiger partial charge < -0.3 is 14.5 Å². The van der Waals surface area contributed by atoms with E-state index in [0.29, 0.717) is 11.5 Å². The molecule has 0 saturated heterocycles. The van der Waals surface area contributed by atoms with Crippen molar-refractivity contribution in [2.45, 2.75) is 40.7 Å². The quantitative estimate of drug-likeness (QED) is 0.477. The fraction of sp³-hybridized carbons (Fsp3) is 0.320. The van der Waals surface area contributed by atoms with Gasteiger partial charge in [0.05, 0.1) is 11.4 Å². The fourth-order valence-electron chi connectivity index (χ4n) is 4.10. The minimum absolute atomic E-state index is 0.106. The van der Waals surface area contributed by atoms with Crippen LogP contribution in [0, 0.1) is 27.7 Å². The number of furan rings is 1. The maximum Gasteiger partial charge on any atom is 0.258 e. The first-order chi connectivity index (χ1) is 15.2. The standard InChI is InChI=1S/C25H28N4O3/c1-14-9-7-8-10-19(14)17(4)26-21(30)13-31-22-11-15(2)23-24(28-29(6)25(23)27-22)20-12-16(3)32-18(20)5/h7-12,17H,13H2,1-6H3,(H,26,30). The van der Waals surface area contributed by atoms with Crippen LogP contribution in [0.1, 0.15) is 41.2 Å². The first-order valence-electron chi connectivity index (χ1n) is 10.6. The van der Waals surface area contributed by atoms with Gasteiger partial charge in [0.2, 0.25) is 5.88 Å². The summed E-state index contributed by atoms with van der Waals surface area (Å²) in [6, 6.07) is 11.7. The fourth-order valence-corrected chi connectivity index (χ4v) is 4.10. The number of rotatable bonds is 6. The number of hydrogen-bond donors (Lipinski definition) is 1. The lowest BCUT2D eigenvalue weighted by Crippen LogP contribution is -2.31. The lowest BCUT2D eigenvalue weighted by Gasteiger charge is -2.16. The molecule has 1 aromatic carbocycles. The molecule has 4 rings (SSSR count). The van der Waals surface area contributed by atoms with E-state index in [-0.39, 0.29) is 18.6 Å². The summed E-state index contributed by atoms with van der Waals surface area (Å²) >= 11 is 0. The van der Waals surface area contributed by atoms with E-state index in [4.69, 9.17) is 9.15 Å². The largest absolute Gasteiger partial charge is 0.468 e. The zero-order valence-corrected chi connectivity index (χ0v) is 19.3. The van der Waals surface area contributed by atoms with Crippen LogP contribution in [0.4, 0.5) is 0 Å². The number of fused-ring (bicyclic) bond motifs is 1. The molecule has 7 heteroatoms. The number of pyridine rings is 1. The molecule has 4 aromatic rings. The van der Waals surface area contributed by atoms with Gasteiger partial charge in [-0.15, -0.1) is 0 Å². The van der Waals surface area contributed by atoms with Crippen molar-refractivity contribution in [2.75, 3.05) is 6.61 Å². The van der Waals surface area contributed by atoms with Crippen LogP contribution in [0.25, 0.3) is 22.3 Å². The molecule has 0 saturated carbocycles. The predicted octanol–water partition coefficient (Wildman–Crippen LogP) is 4.72. The molecule has 1 unspecified atom stereocenters. The van der Waals surface area contributed by atoms with Gasteiger partial charge in [0.1, 0.15) is 17.2 Å². The summed E-state index contributed by atoms with van der Waals surface area (Å²) in [6.07, 6.45) is 0. The molecule has 0 bridgehead atoms. The number of aromatic nitrogens is 3. The number of carbonyl (C=O) groups is 1. The molecule has 0 fully saturated rings. The van der Waals surface area contributed by atoms with Gasteiger partial charge in [0.25, 0.3) is 5.91 Å². The van der Waals surface area contributed by atoms with Crippen molar-refractivity contribution in [3.05, 3.63) is 64.6 Å². The topological polar surface area (TPSA) is 82.2 Å². The van der Waals surface area contributed by atoms with Crippen molar-refractivity contribution in [2.24, 2.45) is 7.05 Å². The first kappa shape index (κ1) is 21.6. The van der Waals surface area contributed by atoms with Crippen LogP contribution >= 0.6 is 0 Å². The van der Waals surface area contributed by atoms with Crippen molar-refractivity contribution in [1.29, 1.82) is 0 Å². The summed E-state index contributed by atoms with van der Waals surface area (Å²) < 4.78 is 13.2. The molecule has 0 aliphatic carbocycles. The number of nitrogens with one attached hydrogen (secondary N) is 1. The number of amides is 1. The summed E-state index contributed by atoms with van der Waals surface area (Å²) in [6.45, 7) is 9.73. The van der Waals surface area contributed by atoms with Crippen molar-refractivity contribution in [3.8, 4) is 17.1 Å². The van der Waals surface area contributed by atoms with Gasteiger partial charge in [-0.3, -0.25) is 4.79 Å². The molecule has 1 N–H and O–H groups in total. The van der Waals surface area contributed by atoms with E-state index in [9.17, 15) is 4.79 Å². The summed E-state index contributed by atoms with van der Waals surface area (Å²) in [5.74, 6) is 1.85. The highest BCUT2D eigenvalue weighted by atomic mass is 16.5. The molecular weight excluding hydrogens is 404 g/mol. The third kappa shape index (κ3) is 4.10. The highest BCUT2D eigenvalue weighted by Gasteiger charge is 2.20. The van der Waals surface area contributed by atoms with Crippen molar-refractivity contribution in [1.82, 2.24) is 20.1 Å². The molecule has 0 radical (unpaired) electrons. The Morgan fingerprint density at radius 1 is 1.16 bits per heavy atom. The summed E-state index contributed by atoms with van der Waals surface area (Å²) in [5, 5.41) is 8.60. The van der Waals surface area contributed by atoms with Gasteiger partial charge in [-0.1, -0.05) is 24.3 Å². The van der Waals surface area contributed by atoms with Gasteiger partial charge in [-0.25, -0.2) is 4.68 Å². The van der Waals surface area contributed by atoms with Crippen LogP contribution in [-0.2, 0) is 11.8 Å². The lowest BCUT2D eigenvalue weighted by molar-refractivity contribution is -0.123. The zero-order valence-electron chi connectivity index (χ0n) is 19.3. The maximum atomic E-state index is 12.5. The highest BCUT2D eigenvalue weighted by molar-refractivity contribution is 5.94. The minimum Gasteiger partial charge on any atom is -0.468 e. The molecular formula is C25H28N4O3. The van der Waals surface area contributed by atoms with Crippen LogP contribution in [-0.4, -0.2) is 27.3 Å². The van der Waals surface area contributed by atoms with Crippen molar-refractivity contribution in [3.63, 3.8) is 0 Å². The number of ether oxygens (including phenoxy) is 1. The summed E-state index contributed by atoms with van der Waals surface area (Å²) in [4.78, 5) is 17.1. The molecule has 3 heterocycles. The Morgan fingerprint density at radius 3 is 2.59 bits per heavy atom. The van der Waals surface area contributed by atoms with E-state index < -0.39 is 0 Å². The molecule has 32 heavy (non-hydrogen) atoms. The van der Waals surface area contributed by atoms with E-state index in [1.54, 1.807) is 4.68 Å². The molecule has 1 atom stereocenters. The number of carbonyl (C=O) groups excluding carboxylic acids is 1. The minimum atomic E-state index is -0.199. The van der Waals surface area contributed by atoms with Gasteiger partial charge in [-0.05, 0) is 57.4 Å². The van der Waals surface area contributed by atoms with E-state index >= 15 is 0 Å². The Morgan fingerprint density at radius 2 is 1.91 bits per heavy atom. The Labute approximate surface area is 187 Å².